The van der Waals surface area contributed by atoms with Crippen LogP contribution in [0.2, 0.25) is 0 Å². The van der Waals surface area contributed by atoms with Crippen molar-refractivity contribution < 1.29 is 9.59 Å². The summed E-state index contributed by atoms with van der Waals surface area (Å²) < 4.78 is 2.72. The van der Waals surface area contributed by atoms with Gasteiger partial charge in [-0.15, -0.1) is 11.3 Å². The highest BCUT2D eigenvalue weighted by Gasteiger charge is 2.23. The standard InChI is InChI=1S/C28H24Br2N4O2S2/c29-20-7-5-19(6-8-20)25-17-37-28(32-25)38-18-26(35)31-21-9-11-22(12-10-21)33-13-15-34(16-14-33)27(36)23-3-1-2-4-24(23)30/h1-12,17H,13-16,18H2,(H,31,35). The van der Waals surface area contributed by atoms with Crippen molar-refractivity contribution in [2.45, 2.75) is 4.34 Å². The molecule has 3 aromatic carbocycles. The molecule has 0 atom stereocenters. The number of rotatable bonds is 7. The average molecular weight is 672 g/mol. The fraction of sp³-hybridized carbons (Fsp3) is 0.179. The predicted octanol–water partition coefficient (Wildman–Crippen LogP) is 7.03. The first-order chi connectivity index (χ1) is 18.5. The summed E-state index contributed by atoms with van der Waals surface area (Å²) in [6, 6.07) is 23.4. The molecular formula is C28H24Br2N4O2S2. The van der Waals surface area contributed by atoms with Gasteiger partial charge in [-0.05, 0) is 64.5 Å². The van der Waals surface area contributed by atoms with E-state index in [1.54, 1.807) is 11.3 Å². The van der Waals surface area contributed by atoms with Crippen LogP contribution in [0.3, 0.4) is 0 Å². The lowest BCUT2D eigenvalue weighted by Gasteiger charge is -2.36. The number of carbonyl (C=O) groups is 2. The molecule has 0 unspecified atom stereocenters. The lowest BCUT2D eigenvalue weighted by Crippen LogP contribution is -2.48. The van der Waals surface area contributed by atoms with Crippen molar-refractivity contribution in [2.75, 3.05) is 42.1 Å². The minimum Gasteiger partial charge on any atom is -0.368 e. The first kappa shape index (κ1) is 26.9. The second kappa shape index (κ2) is 12.5. The van der Waals surface area contributed by atoms with Crippen molar-refractivity contribution in [3.8, 4) is 11.3 Å². The third-order valence-electron chi connectivity index (χ3n) is 6.14. The van der Waals surface area contributed by atoms with Crippen LogP contribution >= 0.6 is 55.0 Å². The largest absolute Gasteiger partial charge is 0.368 e. The smallest absolute Gasteiger partial charge is 0.255 e. The molecule has 0 spiro atoms. The maximum absolute atomic E-state index is 12.9. The van der Waals surface area contributed by atoms with E-state index in [2.05, 4.69) is 47.1 Å². The Labute approximate surface area is 246 Å². The number of nitrogens with zero attached hydrogens (tertiary/aromatic N) is 3. The zero-order valence-corrected chi connectivity index (χ0v) is 25.1. The fourth-order valence-electron chi connectivity index (χ4n) is 4.13. The van der Waals surface area contributed by atoms with Crippen LogP contribution in [0.1, 0.15) is 10.4 Å². The second-order valence-electron chi connectivity index (χ2n) is 8.65. The minimum absolute atomic E-state index is 0.0512. The Morgan fingerprint density at radius 3 is 2.34 bits per heavy atom. The number of thioether (sulfide) groups is 1. The maximum Gasteiger partial charge on any atom is 0.255 e. The Morgan fingerprint density at radius 2 is 1.63 bits per heavy atom. The van der Waals surface area contributed by atoms with Gasteiger partial charge < -0.3 is 15.1 Å². The Kier molecular flexibility index (Phi) is 8.83. The van der Waals surface area contributed by atoms with Crippen LogP contribution in [0.5, 0.6) is 0 Å². The summed E-state index contributed by atoms with van der Waals surface area (Å²) >= 11 is 9.90. The number of halogens is 2. The fourth-order valence-corrected chi connectivity index (χ4v) is 6.48. The van der Waals surface area contributed by atoms with Gasteiger partial charge in [0.2, 0.25) is 5.91 Å². The van der Waals surface area contributed by atoms with Gasteiger partial charge in [-0.25, -0.2) is 4.98 Å². The van der Waals surface area contributed by atoms with Crippen molar-refractivity contribution in [3.63, 3.8) is 0 Å². The van der Waals surface area contributed by atoms with E-state index in [1.807, 2.05) is 83.1 Å². The third kappa shape index (κ3) is 6.66. The highest BCUT2D eigenvalue weighted by molar-refractivity contribution is 9.10. The number of anilines is 2. The molecule has 0 bridgehead atoms. The van der Waals surface area contributed by atoms with E-state index in [1.165, 1.54) is 11.8 Å². The molecule has 2 heterocycles. The maximum atomic E-state index is 12.9. The zero-order valence-electron chi connectivity index (χ0n) is 20.3. The molecule has 6 nitrogen and oxygen atoms in total. The van der Waals surface area contributed by atoms with E-state index >= 15 is 0 Å². The van der Waals surface area contributed by atoms with Crippen LogP contribution in [0.15, 0.2) is 91.5 Å². The van der Waals surface area contributed by atoms with Gasteiger partial charge in [-0.3, -0.25) is 9.59 Å². The molecule has 0 radical (unpaired) electrons. The van der Waals surface area contributed by atoms with Gasteiger partial charge in [0.05, 0.1) is 17.0 Å². The van der Waals surface area contributed by atoms with Crippen LogP contribution in [-0.2, 0) is 4.79 Å². The molecule has 10 heteroatoms. The highest BCUT2D eigenvalue weighted by atomic mass is 79.9. The first-order valence-corrected chi connectivity index (χ1v) is 15.4. The van der Waals surface area contributed by atoms with Crippen LogP contribution in [0.25, 0.3) is 11.3 Å². The number of benzene rings is 3. The van der Waals surface area contributed by atoms with Crippen LogP contribution < -0.4 is 10.2 Å². The normalized spacial score (nSPS) is 13.4. The molecule has 1 aliphatic heterocycles. The highest BCUT2D eigenvalue weighted by Crippen LogP contribution is 2.29. The van der Waals surface area contributed by atoms with Crippen molar-refractivity contribution in [3.05, 3.63) is 92.7 Å². The molecule has 5 rings (SSSR count). The molecule has 0 aliphatic carbocycles. The molecule has 1 aliphatic rings. The summed E-state index contributed by atoms with van der Waals surface area (Å²) in [6.45, 7) is 2.84. The Balaban J connectivity index is 1.09. The van der Waals surface area contributed by atoms with Gasteiger partial charge in [-0.2, -0.15) is 0 Å². The van der Waals surface area contributed by atoms with Gasteiger partial charge in [0.15, 0.2) is 4.34 Å². The number of hydrogen-bond donors (Lipinski definition) is 1. The summed E-state index contributed by atoms with van der Waals surface area (Å²) in [5.74, 6) is 0.278. The van der Waals surface area contributed by atoms with Crippen molar-refractivity contribution in [2.24, 2.45) is 0 Å². The Hall–Kier alpha value is -2.66. The van der Waals surface area contributed by atoms with Crippen LogP contribution in [-0.4, -0.2) is 53.6 Å². The number of thiazole rings is 1. The molecule has 0 saturated carbocycles. The van der Waals surface area contributed by atoms with E-state index in [0.29, 0.717) is 24.4 Å². The molecule has 1 saturated heterocycles. The lowest BCUT2D eigenvalue weighted by molar-refractivity contribution is -0.113. The molecule has 2 amide bonds. The molecule has 1 N–H and O–H groups in total. The van der Waals surface area contributed by atoms with Crippen LogP contribution in [0, 0.1) is 0 Å². The van der Waals surface area contributed by atoms with Gasteiger partial charge in [-0.1, -0.05) is 52.0 Å². The topological polar surface area (TPSA) is 65.5 Å². The van der Waals surface area contributed by atoms with Crippen molar-refractivity contribution in [1.82, 2.24) is 9.88 Å². The molecule has 38 heavy (non-hydrogen) atoms. The monoisotopic (exact) mass is 670 g/mol. The van der Waals surface area contributed by atoms with E-state index in [9.17, 15) is 9.59 Å². The molecule has 1 fully saturated rings. The number of carbonyl (C=O) groups excluding carboxylic acids is 2. The van der Waals surface area contributed by atoms with Gasteiger partial charge in [0.1, 0.15) is 0 Å². The first-order valence-electron chi connectivity index (χ1n) is 12.0. The number of piperazine rings is 1. The van der Waals surface area contributed by atoms with E-state index < -0.39 is 0 Å². The lowest BCUT2D eigenvalue weighted by atomic mass is 10.1. The SMILES string of the molecule is O=C(CSc1nc(-c2ccc(Br)cc2)cs1)Nc1ccc(N2CCN(C(=O)c3ccccc3Br)CC2)cc1. The van der Waals surface area contributed by atoms with E-state index in [0.717, 1.165) is 49.0 Å². The summed E-state index contributed by atoms with van der Waals surface area (Å²) in [4.78, 5) is 34.2. The molecule has 1 aromatic heterocycles. The molecular weight excluding hydrogens is 648 g/mol. The Bertz CT molecular complexity index is 1420. The van der Waals surface area contributed by atoms with Crippen LogP contribution in [0.4, 0.5) is 11.4 Å². The molecule has 194 valence electrons. The summed E-state index contributed by atoms with van der Waals surface area (Å²) in [5, 5.41) is 4.98. The quantitative estimate of drug-likeness (QED) is 0.214. The second-order valence-corrected chi connectivity index (χ2v) is 12.5. The Morgan fingerprint density at radius 1 is 0.921 bits per heavy atom. The minimum atomic E-state index is -0.0673. The van der Waals surface area contributed by atoms with E-state index in [4.69, 9.17) is 0 Å². The molecule has 4 aromatic rings. The number of aromatic nitrogens is 1. The third-order valence-corrected chi connectivity index (χ3v) is 9.38. The summed E-state index contributed by atoms with van der Waals surface area (Å²) in [6.07, 6.45) is 0. The van der Waals surface area contributed by atoms with Gasteiger partial charge in [0.25, 0.3) is 5.91 Å². The predicted molar refractivity (Wildman–Crippen MR) is 163 cm³/mol. The van der Waals surface area contributed by atoms with Crippen molar-refractivity contribution >= 4 is 78.1 Å². The van der Waals surface area contributed by atoms with E-state index in [-0.39, 0.29) is 11.8 Å². The number of amides is 2. The number of nitrogens with one attached hydrogen (secondary N) is 1. The van der Waals surface area contributed by atoms with Crippen molar-refractivity contribution in [1.29, 1.82) is 0 Å². The summed E-state index contributed by atoms with van der Waals surface area (Å²) in [5.41, 5.74) is 4.50. The summed E-state index contributed by atoms with van der Waals surface area (Å²) in [7, 11) is 0. The average Bonchev–Trinajstić information content (AvgIpc) is 3.42. The van der Waals surface area contributed by atoms with Gasteiger partial charge in [0, 0.05) is 57.4 Å². The van der Waals surface area contributed by atoms with Gasteiger partial charge >= 0.3 is 0 Å². The number of hydrogen-bond acceptors (Lipinski definition) is 6. The zero-order chi connectivity index (χ0) is 26.5.